The van der Waals surface area contributed by atoms with Crippen molar-refractivity contribution in [2.45, 2.75) is 276 Å². The molecule has 0 amide bonds. The van der Waals surface area contributed by atoms with Gasteiger partial charge in [0, 0.05) is 0 Å². The summed E-state index contributed by atoms with van der Waals surface area (Å²) < 4.78 is 104. The molecule has 45 atom stereocenters. The Hall–Kier alpha value is -1.80. The molecule has 14 bridgehead atoms. The average Bonchev–Trinajstić information content (AvgIpc) is 0.781. The Morgan fingerprint density at radius 1 is 0.162 bits per heavy atom. The highest BCUT2D eigenvalue weighted by molar-refractivity contribution is 5.03. The minimum absolute atomic E-state index is 0.939. The van der Waals surface area contributed by atoms with Crippen LogP contribution in [-0.4, -0.2) is 474 Å². The third-order valence-electron chi connectivity index (χ3n) is 19.0. The summed E-state index contributed by atoms with van der Waals surface area (Å²) in [5.74, 6) is 0. The van der Waals surface area contributed by atoms with Gasteiger partial charge in [-0.2, -0.15) is 0 Å². The Morgan fingerprint density at radius 3 is 0.515 bits per heavy atom. The van der Waals surface area contributed by atoms with Gasteiger partial charge >= 0.3 is 0 Å². The summed E-state index contributed by atoms with van der Waals surface area (Å²) in [6, 6.07) is 0. The second kappa shape index (κ2) is 34.0. The first-order chi connectivity index (χ1) is 47.1. The molecule has 23 aliphatic heterocycles. The maximum absolute atomic E-state index is 11.9. The smallest absolute Gasteiger partial charge is 0.187 e. The van der Waals surface area contributed by atoms with Gasteiger partial charge in [0.05, 0.1) is 59.5 Å². The lowest BCUT2D eigenvalue weighted by Crippen LogP contribution is -2.68. The largest absolute Gasteiger partial charge is 0.394 e. The van der Waals surface area contributed by atoms with Crippen LogP contribution >= 0.6 is 0 Å². The first-order valence-corrected chi connectivity index (χ1v) is 31.6. The van der Waals surface area contributed by atoms with Crippen molar-refractivity contribution < 1.29 is 223 Å². The summed E-state index contributed by atoms with van der Waals surface area (Å²) in [5.41, 5.74) is 0. The van der Waals surface area contributed by atoms with Crippen LogP contribution in [0.1, 0.15) is 0 Å². The van der Waals surface area contributed by atoms with Crippen molar-refractivity contribution in [2.24, 2.45) is 0 Å². The monoisotopic (exact) mass is 1460 g/mol. The van der Waals surface area contributed by atoms with Crippen LogP contribution in [0.5, 0.6) is 0 Å². The Balaban J connectivity index is 0.964. The summed E-state index contributed by atoms with van der Waals surface area (Å²) in [6.07, 6.45) is -95.1. The third-order valence-corrected chi connectivity index (χ3v) is 19.0. The number of aliphatic hydroxyl groups excluding tert-OH is 27. The van der Waals surface area contributed by atoms with E-state index < -0.39 is 336 Å². The van der Waals surface area contributed by atoms with Crippen LogP contribution in [0.15, 0.2) is 0 Å². The van der Waals surface area contributed by atoms with Gasteiger partial charge in [0.1, 0.15) is 220 Å². The molecule has 0 unspecified atom stereocenters. The lowest BCUT2D eigenvalue weighted by atomic mass is 9.95. The van der Waals surface area contributed by atoms with Crippen molar-refractivity contribution >= 4 is 0 Å². The van der Waals surface area contributed by atoms with Crippen LogP contribution in [0.3, 0.4) is 0 Å². The van der Waals surface area contributed by atoms with Gasteiger partial charge in [-0.25, -0.2) is 0 Å². The fourth-order valence-electron chi connectivity index (χ4n) is 13.2. The van der Waals surface area contributed by atoms with Gasteiger partial charge in [-0.1, -0.05) is 0 Å². The molecule has 23 fully saturated rings. The lowest BCUT2D eigenvalue weighted by molar-refractivity contribution is -0.399. The second-order valence-electron chi connectivity index (χ2n) is 25.3. The summed E-state index contributed by atoms with van der Waals surface area (Å²) in [6.45, 7) is -9.72. The highest BCUT2D eigenvalue weighted by atomic mass is 16.8. The predicted molar refractivity (Wildman–Crippen MR) is 294 cm³/mol. The minimum atomic E-state index is -2.39. The molecule has 576 valence electrons. The molecular formula is C54H90O45. The number of rotatable bonds is 13. The fourth-order valence-corrected chi connectivity index (χ4v) is 13.2. The summed E-state index contributed by atoms with van der Waals surface area (Å²) in [7, 11) is 0. The first kappa shape index (κ1) is 79.8. The quantitative estimate of drug-likeness (QED) is 0.0814. The van der Waals surface area contributed by atoms with Crippen molar-refractivity contribution in [3.8, 4) is 0 Å². The van der Waals surface area contributed by atoms with Gasteiger partial charge in [0.25, 0.3) is 0 Å². The molecule has 0 aliphatic carbocycles. The van der Waals surface area contributed by atoms with E-state index in [0.717, 1.165) is 0 Å². The van der Waals surface area contributed by atoms with E-state index in [0.29, 0.717) is 0 Å². The molecule has 27 N–H and O–H groups in total. The molecule has 23 aliphatic rings. The van der Waals surface area contributed by atoms with E-state index in [9.17, 15) is 138 Å². The normalized spacial score (nSPS) is 55.1. The number of hydrogen-bond donors (Lipinski definition) is 27. The molecule has 99 heavy (non-hydrogen) atoms. The highest BCUT2D eigenvalue weighted by Gasteiger charge is 2.61. The van der Waals surface area contributed by atoms with Crippen molar-refractivity contribution in [1.82, 2.24) is 0 Å². The Kier molecular flexibility index (Phi) is 27.4. The number of aliphatic hydroxyl groups is 27. The molecule has 23 saturated heterocycles. The van der Waals surface area contributed by atoms with E-state index >= 15 is 0 Å². The lowest BCUT2D eigenvalue weighted by Gasteiger charge is -2.50. The molecule has 0 aromatic carbocycles. The highest BCUT2D eigenvalue weighted by Crippen LogP contribution is 2.40. The maximum atomic E-state index is 11.9. The molecule has 23 rings (SSSR count). The van der Waals surface area contributed by atoms with Crippen LogP contribution in [0.25, 0.3) is 0 Å². The van der Waals surface area contributed by atoms with Crippen molar-refractivity contribution in [1.29, 1.82) is 0 Å². The molecule has 0 aromatic rings. The van der Waals surface area contributed by atoms with E-state index in [1.54, 1.807) is 0 Å². The van der Waals surface area contributed by atoms with E-state index in [1.165, 1.54) is 0 Å². The van der Waals surface area contributed by atoms with Crippen molar-refractivity contribution in [3.63, 3.8) is 0 Å². The van der Waals surface area contributed by atoms with Gasteiger partial charge < -0.3 is 223 Å². The molecule has 23 heterocycles. The molecular weight excluding hydrogens is 1370 g/mol. The molecule has 45 heteroatoms. The van der Waals surface area contributed by atoms with Crippen LogP contribution in [0, 0.1) is 0 Å². The van der Waals surface area contributed by atoms with E-state index in [2.05, 4.69) is 0 Å². The zero-order valence-electron chi connectivity index (χ0n) is 51.8. The molecule has 0 aromatic heterocycles. The fraction of sp³-hybridized carbons (Fsp3) is 1.00. The minimum Gasteiger partial charge on any atom is -0.394 e. The predicted octanol–water partition coefficient (Wildman–Crippen LogP) is -19.6. The number of hydrogen-bond acceptors (Lipinski definition) is 45. The van der Waals surface area contributed by atoms with Crippen LogP contribution in [0.2, 0.25) is 0 Å². The molecule has 0 saturated carbocycles. The van der Waals surface area contributed by atoms with E-state index in [4.69, 9.17) is 85.3 Å². The summed E-state index contributed by atoms with van der Waals surface area (Å²) in [4.78, 5) is 0. The van der Waals surface area contributed by atoms with Crippen LogP contribution < -0.4 is 0 Å². The zero-order chi connectivity index (χ0) is 72.1. The van der Waals surface area contributed by atoms with Gasteiger partial charge in [-0.15, -0.1) is 0 Å². The SMILES string of the molecule is OC[C@@H]1O[C@@H]2O[C@H]3[C@H](O)[C@@H](O)[C@@H](O[C@H]4[C@H](O)[C@H](O)[C@@H](O[C@H]5[C@@H](O)[C@H](O)[C@@H](O[C@H]6[C@H](O)[C@@H](O)[C@@H](O[C@H]7[C@H](O)[C@@H](O)[C@@H](O[C@H]8[C@H](O)[C@@H](O)[C@@H](O[C@H]1[C@H](O)[C@H]2O)O[C@H]8CO)O[C@H]7CO)O[C@@H]6CO[C@@H]1O[C@H](CO)[C@H](O)[C@H](O)[C@H]1O)O[C@@H]5CO)O[C@@H]4CO)O[C@H]3CO[C@@H]1O[C@H](CO)[C@H](O)[C@H](O)[C@H]1O. The van der Waals surface area contributed by atoms with E-state index in [1.807, 2.05) is 0 Å². The second-order valence-corrected chi connectivity index (χ2v) is 25.3. The van der Waals surface area contributed by atoms with Crippen molar-refractivity contribution in [3.05, 3.63) is 0 Å². The Bertz CT molecular complexity index is 2420. The maximum Gasteiger partial charge on any atom is 0.187 e. The van der Waals surface area contributed by atoms with Crippen LogP contribution in [-0.2, 0) is 85.3 Å². The van der Waals surface area contributed by atoms with Gasteiger partial charge in [-0.05, 0) is 0 Å². The van der Waals surface area contributed by atoms with Gasteiger partial charge in [0.2, 0.25) is 0 Å². The third kappa shape index (κ3) is 16.1. The van der Waals surface area contributed by atoms with Crippen molar-refractivity contribution in [2.75, 3.05) is 59.5 Å². The standard InChI is InChI=1S/C54H90O45/c55-1-10-19(62)21(64)30(73)46(84-10)82-8-17-44-29(72)38(81)54(92-17)97-43-16(7-61)88-50(34(77)25(43)68)95-41-14(5-59)90-52(36(79)27(41)70)99-45-18(9-83-47-31(74)22(65)20(63)11(2-56)85-47)91-53(37(80)28(45)71)96-42-15(6-60)87-49(33(76)24(42)67)93-39-12(3-57)86-48(32(75)23(39)66)94-40-13(4-58)89-51(98-44)35(78)26(40)69/h10-81H,1-9H2/t10-,11-,12+,13+,14-,15+,16-,17+,18-,19+,20+,21+,22+,23-,24-,25-,26-,27+,28-,29-,30-,31-,32-,33-,34+,35-,36+,37-,38-,39-,40-,41-,42-,43-,44-,45-,46-,47-,48-,49-,50-,51-,52-,53-,54-/m1/s1. The topological polar surface area (TPSA) is 712 Å². The van der Waals surface area contributed by atoms with Gasteiger partial charge in [-0.3, -0.25) is 0 Å². The molecule has 45 nitrogen and oxygen atoms in total. The number of ether oxygens (including phenoxy) is 18. The summed E-state index contributed by atoms with van der Waals surface area (Å²) >= 11 is 0. The van der Waals surface area contributed by atoms with Crippen LogP contribution in [0.4, 0.5) is 0 Å². The van der Waals surface area contributed by atoms with Gasteiger partial charge in [0.15, 0.2) is 56.6 Å². The summed E-state index contributed by atoms with van der Waals surface area (Å²) in [5, 5.41) is 300. The first-order valence-electron chi connectivity index (χ1n) is 31.6. The Labute approximate surface area is 558 Å². The molecule has 0 radical (unpaired) electrons. The molecule has 0 spiro atoms. The average molecular weight is 1460 g/mol. The van der Waals surface area contributed by atoms with E-state index in [-0.39, 0.29) is 0 Å². The Morgan fingerprint density at radius 2 is 0.333 bits per heavy atom. The zero-order valence-corrected chi connectivity index (χ0v) is 51.8.